The SMILES string of the molecule is CCCNC(c1ccc(F)c(OC)c1)c1ccncc1F. The van der Waals surface area contributed by atoms with Gasteiger partial charge in [0.25, 0.3) is 0 Å². The molecule has 21 heavy (non-hydrogen) atoms. The number of benzene rings is 1. The van der Waals surface area contributed by atoms with Crippen LogP contribution in [0.4, 0.5) is 8.78 Å². The standard InChI is InChI=1S/C16H18F2N2O/c1-3-7-20-16(12-6-8-19-10-14(12)18)11-4-5-13(17)15(9-11)21-2/h4-6,8-10,16,20H,3,7H2,1-2H3. The van der Waals surface area contributed by atoms with Crippen LogP contribution >= 0.6 is 0 Å². The minimum atomic E-state index is -0.439. The largest absolute Gasteiger partial charge is 0.494 e. The van der Waals surface area contributed by atoms with Crippen LogP contribution < -0.4 is 10.1 Å². The van der Waals surface area contributed by atoms with Crippen molar-refractivity contribution in [2.45, 2.75) is 19.4 Å². The molecule has 0 saturated heterocycles. The molecule has 0 radical (unpaired) electrons. The third kappa shape index (κ3) is 3.55. The lowest BCUT2D eigenvalue weighted by molar-refractivity contribution is 0.385. The summed E-state index contributed by atoms with van der Waals surface area (Å²) < 4.78 is 32.5. The number of rotatable bonds is 6. The fraction of sp³-hybridized carbons (Fsp3) is 0.312. The van der Waals surface area contributed by atoms with E-state index >= 15 is 0 Å². The van der Waals surface area contributed by atoms with E-state index in [0.717, 1.165) is 12.0 Å². The summed E-state index contributed by atoms with van der Waals surface area (Å²) in [6.07, 6.45) is 3.62. The summed E-state index contributed by atoms with van der Waals surface area (Å²) in [6, 6.07) is 5.79. The predicted octanol–water partition coefficient (Wildman–Crippen LogP) is 3.46. The molecule has 1 aromatic carbocycles. The zero-order valence-electron chi connectivity index (χ0n) is 12.1. The van der Waals surface area contributed by atoms with E-state index in [2.05, 4.69) is 10.3 Å². The minimum Gasteiger partial charge on any atom is -0.494 e. The molecule has 0 fully saturated rings. The highest BCUT2D eigenvalue weighted by Gasteiger charge is 2.18. The number of halogens is 2. The Hall–Kier alpha value is -2.01. The number of aromatic nitrogens is 1. The van der Waals surface area contributed by atoms with Crippen LogP contribution in [-0.4, -0.2) is 18.6 Å². The second kappa shape index (κ2) is 7.13. The van der Waals surface area contributed by atoms with Crippen LogP contribution in [0.3, 0.4) is 0 Å². The van der Waals surface area contributed by atoms with Gasteiger partial charge in [0.05, 0.1) is 19.3 Å². The second-order valence-corrected chi connectivity index (χ2v) is 4.68. The number of nitrogens with zero attached hydrogens (tertiary/aromatic N) is 1. The summed E-state index contributed by atoms with van der Waals surface area (Å²) in [4.78, 5) is 3.76. The Morgan fingerprint density at radius 2 is 2.05 bits per heavy atom. The second-order valence-electron chi connectivity index (χ2n) is 4.68. The topological polar surface area (TPSA) is 34.1 Å². The molecule has 1 heterocycles. The molecule has 112 valence electrons. The Bertz CT molecular complexity index is 605. The molecule has 3 nitrogen and oxygen atoms in total. The van der Waals surface area contributed by atoms with E-state index in [9.17, 15) is 8.78 Å². The fourth-order valence-electron chi connectivity index (χ4n) is 2.17. The molecule has 2 aromatic rings. The third-order valence-electron chi connectivity index (χ3n) is 3.22. The number of pyridine rings is 1. The molecule has 0 saturated carbocycles. The Morgan fingerprint density at radius 3 is 2.71 bits per heavy atom. The van der Waals surface area contributed by atoms with Crippen LogP contribution in [0.5, 0.6) is 5.75 Å². The van der Waals surface area contributed by atoms with Crippen molar-refractivity contribution in [2.24, 2.45) is 0 Å². The van der Waals surface area contributed by atoms with Crippen molar-refractivity contribution in [3.8, 4) is 5.75 Å². The Kier molecular flexibility index (Phi) is 5.22. The van der Waals surface area contributed by atoms with Crippen LogP contribution in [0.15, 0.2) is 36.7 Å². The van der Waals surface area contributed by atoms with Crippen LogP contribution in [0, 0.1) is 11.6 Å². The van der Waals surface area contributed by atoms with Crippen molar-refractivity contribution < 1.29 is 13.5 Å². The van der Waals surface area contributed by atoms with E-state index in [1.165, 1.54) is 19.4 Å². The van der Waals surface area contributed by atoms with Crippen molar-refractivity contribution in [1.29, 1.82) is 0 Å². The van der Waals surface area contributed by atoms with Crippen molar-refractivity contribution in [2.75, 3.05) is 13.7 Å². The molecule has 0 aliphatic heterocycles. The average molecular weight is 292 g/mol. The lowest BCUT2D eigenvalue weighted by atomic mass is 9.98. The van der Waals surface area contributed by atoms with Crippen molar-refractivity contribution >= 4 is 0 Å². The molecule has 1 N–H and O–H groups in total. The molecule has 1 unspecified atom stereocenters. The molecule has 1 atom stereocenters. The highest BCUT2D eigenvalue weighted by molar-refractivity contribution is 5.37. The van der Waals surface area contributed by atoms with Gasteiger partial charge >= 0.3 is 0 Å². The zero-order chi connectivity index (χ0) is 15.2. The lowest BCUT2D eigenvalue weighted by Gasteiger charge is -2.20. The van der Waals surface area contributed by atoms with Crippen molar-refractivity contribution in [3.05, 3.63) is 59.4 Å². The van der Waals surface area contributed by atoms with Gasteiger partial charge in [-0.2, -0.15) is 0 Å². The normalized spacial score (nSPS) is 12.2. The molecule has 0 amide bonds. The van der Waals surface area contributed by atoms with Gasteiger partial charge in [0.1, 0.15) is 5.82 Å². The quantitative estimate of drug-likeness (QED) is 0.885. The maximum absolute atomic E-state index is 14.0. The number of ether oxygens (including phenoxy) is 1. The lowest BCUT2D eigenvalue weighted by Crippen LogP contribution is -2.24. The summed E-state index contributed by atoms with van der Waals surface area (Å²) in [6.45, 7) is 2.74. The number of hydrogen-bond donors (Lipinski definition) is 1. The molecule has 5 heteroatoms. The van der Waals surface area contributed by atoms with Crippen molar-refractivity contribution in [1.82, 2.24) is 10.3 Å². The summed E-state index contributed by atoms with van der Waals surface area (Å²) in [7, 11) is 1.41. The Balaban J connectivity index is 2.43. The van der Waals surface area contributed by atoms with E-state index < -0.39 is 11.6 Å². The first-order valence-electron chi connectivity index (χ1n) is 6.83. The monoisotopic (exact) mass is 292 g/mol. The minimum absolute atomic E-state index is 0.144. The van der Waals surface area contributed by atoms with Gasteiger partial charge in [-0.05, 0) is 36.7 Å². The summed E-state index contributed by atoms with van der Waals surface area (Å²) in [5, 5.41) is 3.27. The van der Waals surface area contributed by atoms with Gasteiger partial charge in [0.2, 0.25) is 0 Å². The first kappa shape index (κ1) is 15.4. The molecular formula is C16H18F2N2O. The first-order valence-corrected chi connectivity index (χ1v) is 6.83. The number of methoxy groups -OCH3 is 1. The van der Waals surface area contributed by atoms with Crippen molar-refractivity contribution in [3.63, 3.8) is 0 Å². The van der Waals surface area contributed by atoms with Crippen LogP contribution in [0.1, 0.15) is 30.5 Å². The van der Waals surface area contributed by atoms with E-state index in [0.29, 0.717) is 12.1 Å². The zero-order valence-corrected chi connectivity index (χ0v) is 12.1. The fourth-order valence-corrected chi connectivity index (χ4v) is 2.17. The Morgan fingerprint density at radius 1 is 1.24 bits per heavy atom. The van der Waals surface area contributed by atoms with Crippen LogP contribution in [-0.2, 0) is 0 Å². The number of nitrogens with one attached hydrogen (secondary N) is 1. The maximum Gasteiger partial charge on any atom is 0.165 e. The molecule has 1 aromatic heterocycles. The summed E-state index contributed by atoms with van der Waals surface area (Å²) in [5.41, 5.74) is 1.22. The smallest absolute Gasteiger partial charge is 0.165 e. The highest BCUT2D eigenvalue weighted by Crippen LogP contribution is 2.28. The molecule has 0 spiro atoms. The molecule has 0 aliphatic rings. The molecule has 0 bridgehead atoms. The molecular weight excluding hydrogens is 274 g/mol. The van der Waals surface area contributed by atoms with E-state index in [1.807, 2.05) is 6.92 Å². The summed E-state index contributed by atoms with van der Waals surface area (Å²) >= 11 is 0. The van der Waals surface area contributed by atoms with Gasteiger partial charge < -0.3 is 10.1 Å². The number of hydrogen-bond acceptors (Lipinski definition) is 3. The van der Waals surface area contributed by atoms with Gasteiger partial charge in [-0.1, -0.05) is 13.0 Å². The average Bonchev–Trinajstić information content (AvgIpc) is 2.50. The molecule has 2 rings (SSSR count). The summed E-state index contributed by atoms with van der Waals surface area (Å²) in [5.74, 6) is -0.689. The van der Waals surface area contributed by atoms with Gasteiger partial charge in [-0.25, -0.2) is 8.78 Å². The van der Waals surface area contributed by atoms with Crippen LogP contribution in [0.25, 0.3) is 0 Å². The van der Waals surface area contributed by atoms with Gasteiger partial charge in [0, 0.05) is 11.8 Å². The van der Waals surface area contributed by atoms with Gasteiger partial charge in [0.15, 0.2) is 11.6 Å². The van der Waals surface area contributed by atoms with E-state index in [4.69, 9.17) is 4.74 Å². The molecule has 0 aliphatic carbocycles. The van der Waals surface area contributed by atoms with Gasteiger partial charge in [-0.15, -0.1) is 0 Å². The van der Waals surface area contributed by atoms with Crippen LogP contribution in [0.2, 0.25) is 0 Å². The van der Waals surface area contributed by atoms with E-state index in [1.54, 1.807) is 24.4 Å². The third-order valence-corrected chi connectivity index (χ3v) is 3.22. The first-order chi connectivity index (χ1) is 10.2. The highest BCUT2D eigenvalue weighted by atomic mass is 19.1. The maximum atomic E-state index is 14.0. The predicted molar refractivity (Wildman–Crippen MR) is 77.3 cm³/mol. The van der Waals surface area contributed by atoms with E-state index in [-0.39, 0.29) is 11.8 Å². The van der Waals surface area contributed by atoms with Gasteiger partial charge in [-0.3, -0.25) is 4.98 Å². The Labute approximate surface area is 123 Å².